The standard InChI is InChI=1S/C22H23N3O5S/c1-14-5-8-17(9-6-14)25-20(11-16(3)24-25)23-21(26)13-30-22(27)19-12-18(31(4,28)29)10-7-15(19)2/h5-12H,13H2,1-4H3,(H,23,26). The molecule has 0 saturated carbocycles. The number of aryl methyl sites for hydroxylation is 3. The Bertz CT molecular complexity index is 1240. The molecule has 162 valence electrons. The topological polar surface area (TPSA) is 107 Å². The average Bonchev–Trinajstić information content (AvgIpc) is 3.06. The molecule has 3 aromatic rings. The second kappa shape index (κ2) is 8.73. The van der Waals surface area contributed by atoms with Crippen LogP contribution in [-0.4, -0.2) is 42.9 Å². The summed E-state index contributed by atoms with van der Waals surface area (Å²) in [5.41, 5.74) is 3.22. The molecule has 0 unspecified atom stereocenters. The molecule has 0 aliphatic rings. The van der Waals surface area contributed by atoms with Gasteiger partial charge in [0.05, 0.1) is 21.8 Å². The van der Waals surface area contributed by atoms with Crippen LogP contribution >= 0.6 is 0 Å². The van der Waals surface area contributed by atoms with Crippen molar-refractivity contribution in [3.05, 3.63) is 70.9 Å². The molecule has 0 fully saturated rings. The van der Waals surface area contributed by atoms with E-state index in [1.165, 1.54) is 18.2 Å². The van der Waals surface area contributed by atoms with Gasteiger partial charge in [-0.1, -0.05) is 23.8 Å². The lowest BCUT2D eigenvalue weighted by atomic mass is 10.1. The van der Waals surface area contributed by atoms with Crippen molar-refractivity contribution in [2.45, 2.75) is 25.7 Å². The van der Waals surface area contributed by atoms with E-state index in [9.17, 15) is 18.0 Å². The number of hydrogen-bond donors (Lipinski definition) is 1. The Kier molecular flexibility index (Phi) is 6.26. The highest BCUT2D eigenvalue weighted by molar-refractivity contribution is 7.90. The molecule has 9 heteroatoms. The number of nitrogens with one attached hydrogen (secondary N) is 1. The Hall–Kier alpha value is -3.46. The number of sulfone groups is 1. The Labute approximate surface area is 180 Å². The van der Waals surface area contributed by atoms with Gasteiger partial charge in [-0.25, -0.2) is 17.9 Å². The van der Waals surface area contributed by atoms with E-state index in [0.717, 1.165) is 17.5 Å². The van der Waals surface area contributed by atoms with Crippen LogP contribution in [0, 0.1) is 20.8 Å². The summed E-state index contributed by atoms with van der Waals surface area (Å²) in [5, 5.41) is 7.08. The van der Waals surface area contributed by atoms with Crippen LogP contribution in [-0.2, 0) is 19.4 Å². The Balaban J connectivity index is 1.70. The number of benzene rings is 2. The largest absolute Gasteiger partial charge is 0.452 e. The monoisotopic (exact) mass is 441 g/mol. The van der Waals surface area contributed by atoms with Crippen LogP contribution in [0.25, 0.3) is 5.69 Å². The molecule has 0 saturated heterocycles. The fourth-order valence-corrected chi connectivity index (χ4v) is 3.56. The lowest BCUT2D eigenvalue weighted by Gasteiger charge is -2.11. The molecule has 2 aromatic carbocycles. The highest BCUT2D eigenvalue weighted by atomic mass is 32.2. The third-order valence-corrected chi connectivity index (χ3v) is 5.68. The lowest BCUT2D eigenvalue weighted by molar-refractivity contribution is -0.119. The van der Waals surface area contributed by atoms with Crippen molar-refractivity contribution in [1.82, 2.24) is 9.78 Å². The summed E-state index contributed by atoms with van der Waals surface area (Å²) in [6, 6.07) is 13.5. The molecular formula is C22H23N3O5S. The molecule has 8 nitrogen and oxygen atoms in total. The van der Waals surface area contributed by atoms with Crippen molar-refractivity contribution >= 4 is 27.5 Å². The number of esters is 1. The first-order chi connectivity index (χ1) is 14.5. The maximum absolute atomic E-state index is 12.4. The number of amides is 1. The molecule has 31 heavy (non-hydrogen) atoms. The summed E-state index contributed by atoms with van der Waals surface area (Å²) in [6.45, 7) is 4.91. The second-order valence-electron chi connectivity index (χ2n) is 7.29. The molecule has 1 heterocycles. The summed E-state index contributed by atoms with van der Waals surface area (Å²) < 4.78 is 30.2. The Morgan fingerprint density at radius 3 is 2.35 bits per heavy atom. The molecule has 0 bridgehead atoms. The highest BCUT2D eigenvalue weighted by Crippen LogP contribution is 2.19. The highest BCUT2D eigenvalue weighted by Gasteiger charge is 2.18. The zero-order chi connectivity index (χ0) is 22.8. The first kappa shape index (κ1) is 22.2. The van der Waals surface area contributed by atoms with Gasteiger partial charge in [-0.3, -0.25) is 4.79 Å². The number of carbonyl (C=O) groups excluding carboxylic acids is 2. The van der Waals surface area contributed by atoms with Gasteiger partial charge in [-0.05, 0) is 50.6 Å². The van der Waals surface area contributed by atoms with Crippen molar-refractivity contribution in [3.63, 3.8) is 0 Å². The van der Waals surface area contributed by atoms with Gasteiger partial charge in [0, 0.05) is 12.3 Å². The summed E-state index contributed by atoms with van der Waals surface area (Å²) in [4.78, 5) is 24.8. The van der Waals surface area contributed by atoms with E-state index in [4.69, 9.17) is 4.74 Å². The predicted molar refractivity (Wildman–Crippen MR) is 116 cm³/mol. The van der Waals surface area contributed by atoms with Crippen LogP contribution in [0.3, 0.4) is 0 Å². The quantitative estimate of drug-likeness (QED) is 0.589. The van der Waals surface area contributed by atoms with Crippen molar-refractivity contribution in [1.29, 1.82) is 0 Å². The average molecular weight is 442 g/mol. The number of rotatable bonds is 6. The number of hydrogen-bond acceptors (Lipinski definition) is 6. The molecule has 1 N–H and O–H groups in total. The van der Waals surface area contributed by atoms with Gasteiger partial charge < -0.3 is 10.1 Å². The van der Waals surface area contributed by atoms with Gasteiger partial charge in [-0.2, -0.15) is 5.10 Å². The van der Waals surface area contributed by atoms with Gasteiger partial charge in [-0.15, -0.1) is 0 Å². The molecule has 3 rings (SSSR count). The van der Waals surface area contributed by atoms with Crippen LogP contribution in [0.1, 0.15) is 27.2 Å². The van der Waals surface area contributed by atoms with E-state index in [-0.39, 0.29) is 10.5 Å². The van der Waals surface area contributed by atoms with E-state index >= 15 is 0 Å². The summed E-state index contributed by atoms with van der Waals surface area (Å²) in [7, 11) is -3.48. The van der Waals surface area contributed by atoms with E-state index in [2.05, 4.69) is 10.4 Å². The number of carbonyl (C=O) groups is 2. The fourth-order valence-electron chi connectivity index (χ4n) is 2.91. The summed E-state index contributed by atoms with van der Waals surface area (Å²) in [5.74, 6) is -0.877. The zero-order valence-electron chi connectivity index (χ0n) is 17.7. The number of nitrogens with zero attached hydrogens (tertiary/aromatic N) is 2. The van der Waals surface area contributed by atoms with Gasteiger partial charge in [0.1, 0.15) is 5.82 Å². The molecule has 0 radical (unpaired) electrons. The minimum atomic E-state index is -3.48. The van der Waals surface area contributed by atoms with Gasteiger partial charge in [0.25, 0.3) is 5.91 Å². The smallest absolute Gasteiger partial charge is 0.338 e. The predicted octanol–water partition coefficient (Wildman–Crippen LogP) is 3.00. The third kappa shape index (κ3) is 5.37. The minimum absolute atomic E-state index is 0.00646. The molecule has 1 amide bonds. The molecule has 1 aromatic heterocycles. The third-order valence-electron chi connectivity index (χ3n) is 4.57. The van der Waals surface area contributed by atoms with Gasteiger partial charge in [0.2, 0.25) is 0 Å². The van der Waals surface area contributed by atoms with Crippen LogP contribution in [0.15, 0.2) is 53.4 Å². The van der Waals surface area contributed by atoms with E-state index in [1.54, 1.807) is 24.6 Å². The van der Waals surface area contributed by atoms with Gasteiger partial charge in [0.15, 0.2) is 16.4 Å². The van der Waals surface area contributed by atoms with Crippen LogP contribution in [0.5, 0.6) is 0 Å². The minimum Gasteiger partial charge on any atom is -0.452 e. The molecular weight excluding hydrogens is 418 g/mol. The first-order valence-electron chi connectivity index (χ1n) is 9.46. The van der Waals surface area contributed by atoms with Crippen LogP contribution in [0.2, 0.25) is 0 Å². The SMILES string of the molecule is Cc1ccc(-n2nc(C)cc2NC(=O)COC(=O)c2cc(S(C)(=O)=O)ccc2C)cc1. The molecule has 0 spiro atoms. The fraction of sp³-hybridized carbons (Fsp3) is 0.227. The number of ether oxygens (including phenoxy) is 1. The van der Waals surface area contributed by atoms with Gasteiger partial charge >= 0.3 is 5.97 Å². The maximum Gasteiger partial charge on any atom is 0.338 e. The molecule has 0 aliphatic carbocycles. The Morgan fingerprint density at radius 2 is 1.71 bits per heavy atom. The summed E-state index contributed by atoms with van der Waals surface area (Å²) >= 11 is 0. The van der Waals surface area contributed by atoms with Crippen molar-refractivity contribution < 1.29 is 22.7 Å². The van der Waals surface area contributed by atoms with E-state index in [0.29, 0.717) is 17.1 Å². The number of aromatic nitrogens is 2. The first-order valence-corrected chi connectivity index (χ1v) is 11.3. The van der Waals surface area contributed by atoms with Crippen LogP contribution < -0.4 is 5.32 Å². The molecule has 0 aliphatic heterocycles. The number of anilines is 1. The molecule has 0 atom stereocenters. The lowest BCUT2D eigenvalue weighted by Crippen LogP contribution is -2.22. The Morgan fingerprint density at radius 1 is 1.03 bits per heavy atom. The normalized spacial score (nSPS) is 11.2. The van der Waals surface area contributed by atoms with Crippen molar-refractivity contribution in [2.75, 3.05) is 18.2 Å². The van der Waals surface area contributed by atoms with E-state index < -0.39 is 28.3 Å². The van der Waals surface area contributed by atoms with Crippen LogP contribution in [0.4, 0.5) is 5.82 Å². The second-order valence-corrected chi connectivity index (χ2v) is 9.31. The van der Waals surface area contributed by atoms with Crippen molar-refractivity contribution in [3.8, 4) is 5.69 Å². The van der Waals surface area contributed by atoms with E-state index in [1.807, 2.05) is 31.2 Å². The summed E-state index contributed by atoms with van der Waals surface area (Å²) in [6.07, 6.45) is 1.05. The maximum atomic E-state index is 12.4. The van der Waals surface area contributed by atoms with Crippen molar-refractivity contribution in [2.24, 2.45) is 0 Å². The zero-order valence-corrected chi connectivity index (χ0v) is 18.5.